The molecule has 3 rings (SSSR count). The Morgan fingerprint density at radius 1 is 1.29 bits per heavy atom. The number of Topliss-reactive ketones (excluding diaryl/α,β-unsaturated/α-hetero) is 1. The molecular formula is C18H15ClN2O3. The minimum absolute atomic E-state index is 0.0510. The van der Waals surface area contributed by atoms with E-state index in [-0.39, 0.29) is 5.78 Å². The van der Waals surface area contributed by atoms with Crippen molar-refractivity contribution in [3.63, 3.8) is 0 Å². The lowest BCUT2D eigenvalue weighted by Gasteiger charge is -2.20. The van der Waals surface area contributed by atoms with E-state index in [0.717, 1.165) is 5.56 Å². The van der Waals surface area contributed by atoms with Gasteiger partial charge in [0, 0.05) is 12.1 Å². The minimum Gasteiger partial charge on any atom is -0.486 e. The molecule has 1 N–H and O–H groups in total. The summed E-state index contributed by atoms with van der Waals surface area (Å²) >= 11 is 6.22. The summed E-state index contributed by atoms with van der Waals surface area (Å²) in [5.41, 5.74) is 2.53. The molecule has 0 aliphatic carbocycles. The lowest BCUT2D eigenvalue weighted by molar-refractivity contribution is 0.101. The second-order valence-corrected chi connectivity index (χ2v) is 5.79. The largest absolute Gasteiger partial charge is 0.486 e. The van der Waals surface area contributed by atoms with Crippen LogP contribution in [0.1, 0.15) is 28.4 Å². The van der Waals surface area contributed by atoms with Crippen molar-refractivity contribution in [1.29, 1.82) is 5.26 Å². The summed E-state index contributed by atoms with van der Waals surface area (Å²) < 4.78 is 11.1. The van der Waals surface area contributed by atoms with Crippen molar-refractivity contribution in [1.82, 2.24) is 0 Å². The van der Waals surface area contributed by atoms with Crippen molar-refractivity contribution in [2.75, 3.05) is 18.5 Å². The minimum atomic E-state index is -0.0510. The standard InChI is InChI=1S/C18H15ClN2O3/c1-11(22)13-2-3-14(9-20)16(8-13)21-10-12-6-15(19)18-17(7-12)23-4-5-24-18/h2-3,6-8,21H,4-5,10H2,1H3. The average Bonchev–Trinajstić information content (AvgIpc) is 2.59. The number of benzene rings is 2. The molecule has 5 nitrogen and oxygen atoms in total. The Balaban J connectivity index is 1.83. The molecule has 0 amide bonds. The molecule has 2 aromatic rings. The van der Waals surface area contributed by atoms with Gasteiger partial charge in [0.15, 0.2) is 17.3 Å². The van der Waals surface area contributed by atoms with Crippen LogP contribution in [0, 0.1) is 11.3 Å². The fourth-order valence-electron chi connectivity index (χ4n) is 2.47. The van der Waals surface area contributed by atoms with Gasteiger partial charge in [-0.15, -0.1) is 0 Å². The van der Waals surface area contributed by atoms with Gasteiger partial charge in [-0.25, -0.2) is 0 Å². The lowest BCUT2D eigenvalue weighted by atomic mass is 10.1. The SMILES string of the molecule is CC(=O)c1ccc(C#N)c(NCc2cc(Cl)c3c(c2)OCCO3)c1. The van der Waals surface area contributed by atoms with Crippen LogP contribution >= 0.6 is 11.6 Å². The zero-order valence-electron chi connectivity index (χ0n) is 13.1. The van der Waals surface area contributed by atoms with Gasteiger partial charge >= 0.3 is 0 Å². The number of fused-ring (bicyclic) bond motifs is 1. The smallest absolute Gasteiger partial charge is 0.179 e. The first-order chi connectivity index (χ1) is 11.6. The van der Waals surface area contributed by atoms with Crippen LogP contribution in [0.3, 0.4) is 0 Å². The number of hydrogen-bond acceptors (Lipinski definition) is 5. The highest BCUT2D eigenvalue weighted by molar-refractivity contribution is 6.32. The summed E-state index contributed by atoms with van der Waals surface area (Å²) in [4.78, 5) is 11.5. The van der Waals surface area contributed by atoms with Crippen LogP contribution in [0.4, 0.5) is 5.69 Å². The normalized spacial score (nSPS) is 12.4. The molecule has 0 aromatic heterocycles. The quantitative estimate of drug-likeness (QED) is 0.856. The van der Waals surface area contributed by atoms with E-state index in [2.05, 4.69) is 11.4 Å². The van der Waals surface area contributed by atoms with Crippen LogP contribution in [0.2, 0.25) is 5.02 Å². The molecule has 0 unspecified atom stereocenters. The first-order valence-electron chi connectivity index (χ1n) is 7.45. The first kappa shape index (κ1) is 16.2. The van der Waals surface area contributed by atoms with Gasteiger partial charge in [0.05, 0.1) is 16.3 Å². The highest BCUT2D eigenvalue weighted by atomic mass is 35.5. The number of nitriles is 1. The van der Waals surface area contributed by atoms with E-state index in [9.17, 15) is 10.1 Å². The average molecular weight is 343 g/mol. The van der Waals surface area contributed by atoms with Crippen LogP contribution in [0.25, 0.3) is 0 Å². The second kappa shape index (κ2) is 6.81. The Morgan fingerprint density at radius 2 is 2.08 bits per heavy atom. The van der Waals surface area contributed by atoms with E-state index in [4.69, 9.17) is 21.1 Å². The number of ether oxygens (including phenoxy) is 2. The number of nitrogens with zero attached hydrogens (tertiary/aromatic N) is 1. The summed E-state index contributed by atoms with van der Waals surface area (Å²) in [5, 5.41) is 12.9. The number of carbonyl (C=O) groups excluding carboxylic acids is 1. The van der Waals surface area contributed by atoms with Gasteiger partial charge in [-0.1, -0.05) is 11.6 Å². The lowest BCUT2D eigenvalue weighted by Crippen LogP contribution is -2.16. The number of rotatable bonds is 4. The maximum atomic E-state index is 11.5. The molecule has 122 valence electrons. The Hall–Kier alpha value is -2.71. The van der Waals surface area contributed by atoms with Gasteiger partial charge < -0.3 is 14.8 Å². The van der Waals surface area contributed by atoms with Gasteiger partial charge in [0.25, 0.3) is 0 Å². The van der Waals surface area contributed by atoms with E-state index >= 15 is 0 Å². The fourth-order valence-corrected chi connectivity index (χ4v) is 2.76. The van der Waals surface area contributed by atoms with Crippen molar-refractivity contribution in [3.8, 4) is 17.6 Å². The first-order valence-corrected chi connectivity index (χ1v) is 7.83. The van der Waals surface area contributed by atoms with Crippen LogP contribution in [-0.2, 0) is 6.54 Å². The number of carbonyl (C=O) groups is 1. The van der Waals surface area contributed by atoms with Gasteiger partial charge in [-0.2, -0.15) is 5.26 Å². The third-order valence-electron chi connectivity index (χ3n) is 3.69. The van der Waals surface area contributed by atoms with Crippen molar-refractivity contribution < 1.29 is 14.3 Å². The number of halogens is 1. The van der Waals surface area contributed by atoms with Crippen LogP contribution < -0.4 is 14.8 Å². The monoisotopic (exact) mass is 342 g/mol. The van der Waals surface area contributed by atoms with Gasteiger partial charge in [0.2, 0.25) is 0 Å². The number of nitrogens with one attached hydrogen (secondary N) is 1. The third kappa shape index (κ3) is 3.29. The predicted octanol–water partition coefficient (Wildman–Crippen LogP) is 3.80. The van der Waals surface area contributed by atoms with Crippen LogP contribution in [-0.4, -0.2) is 19.0 Å². The molecule has 0 saturated carbocycles. The highest BCUT2D eigenvalue weighted by Gasteiger charge is 2.16. The van der Waals surface area contributed by atoms with Crippen LogP contribution in [0.5, 0.6) is 11.5 Å². The maximum Gasteiger partial charge on any atom is 0.179 e. The van der Waals surface area contributed by atoms with Crippen molar-refractivity contribution in [2.24, 2.45) is 0 Å². The van der Waals surface area contributed by atoms with Crippen LogP contribution in [0.15, 0.2) is 30.3 Å². The van der Waals surface area contributed by atoms with Gasteiger partial charge in [0.1, 0.15) is 19.3 Å². The summed E-state index contributed by atoms with van der Waals surface area (Å²) in [7, 11) is 0. The van der Waals surface area contributed by atoms with Crippen molar-refractivity contribution >= 4 is 23.1 Å². The Bertz CT molecular complexity index is 843. The molecule has 0 radical (unpaired) electrons. The van der Waals surface area contributed by atoms with E-state index in [0.29, 0.717) is 53.1 Å². The molecule has 1 aliphatic rings. The summed E-state index contributed by atoms with van der Waals surface area (Å²) in [6, 6.07) is 10.7. The summed E-state index contributed by atoms with van der Waals surface area (Å²) in [5.74, 6) is 1.12. The van der Waals surface area contributed by atoms with Crippen molar-refractivity contribution in [3.05, 3.63) is 52.0 Å². The third-order valence-corrected chi connectivity index (χ3v) is 3.97. The Kier molecular flexibility index (Phi) is 4.59. The summed E-state index contributed by atoms with van der Waals surface area (Å²) in [6.07, 6.45) is 0. The predicted molar refractivity (Wildman–Crippen MR) is 90.9 cm³/mol. The molecule has 6 heteroatoms. The Morgan fingerprint density at radius 3 is 2.83 bits per heavy atom. The van der Waals surface area contributed by atoms with E-state index < -0.39 is 0 Å². The Labute approximate surface area is 144 Å². The van der Waals surface area contributed by atoms with E-state index in [1.54, 1.807) is 24.3 Å². The molecular weight excluding hydrogens is 328 g/mol. The van der Waals surface area contributed by atoms with E-state index in [1.165, 1.54) is 6.92 Å². The van der Waals surface area contributed by atoms with E-state index in [1.807, 2.05) is 6.07 Å². The molecule has 0 saturated heterocycles. The molecule has 2 aromatic carbocycles. The molecule has 1 aliphatic heterocycles. The van der Waals surface area contributed by atoms with Gasteiger partial charge in [-0.3, -0.25) is 4.79 Å². The molecule has 24 heavy (non-hydrogen) atoms. The molecule has 0 atom stereocenters. The zero-order chi connectivity index (χ0) is 17.1. The van der Waals surface area contributed by atoms with Gasteiger partial charge in [-0.05, 0) is 42.8 Å². The number of ketones is 1. The number of anilines is 1. The molecule has 1 heterocycles. The number of hydrogen-bond donors (Lipinski definition) is 1. The highest BCUT2D eigenvalue weighted by Crippen LogP contribution is 2.38. The fraction of sp³-hybridized carbons (Fsp3) is 0.222. The molecule has 0 spiro atoms. The topological polar surface area (TPSA) is 71.4 Å². The maximum absolute atomic E-state index is 11.5. The zero-order valence-corrected chi connectivity index (χ0v) is 13.8. The molecule has 0 fully saturated rings. The van der Waals surface area contributed by atoms with Crippen molar-refractivity contribution in [2.45, 2.75) is 13.5 Å². The second-order valence-electron chi connectivity index (χ2n) is 5.38. The summed E-state index contributed by atoms with van der Waals surface area (Å²) in [6.45, 7) is 2.89. The molecule has 0 bridgehead atoms.